The van der Waals surface area contributed by atoms with Crippen molar-refractivity contribution in [2.45, 2.75) is 13.0 Å². The van der Waals surface area contributed by atoms with Crippen LogP contribution in [0.5, 0.6) is 17.2 Å². The number of nitrogens with zero attached hydrogens (tertiary/aromatic N) is 1. The molecule has 0 fully saturated rings. The zero-order valence-electron chi connectivity index (χ0n) is 14.7. The second kappa shape index (κ2) is 7.67. The van der Waals surface area contributed by atoms with Crippen molar-refractivity contribution in [3.05, 3.63) is 65.2 Å². The Morgan fingerprint density at radius 2 is 2.00 bits per heavy atom. The molecule has 0 aliphatic carbocycles. The third-order valence-corrected chi connectivity index (χ3v) is 4.78. The number of carbonyl (C=O) groups excluding carboxylic acids is 1. The van der Waals surface area contributed by atoms with Crippen LogP contribution in [0.3, 0.4) is 0 Å². The Balaban J connectivity index is 1.41. The molecule has 0 saturated carbocycles. The molecule has 1 aliphatic heterocycles. The predicted molar refractivity (Wildman–Crippen MR) is 103 cm³/mol. The summed E-state index contributed by atoms with van der Waals surface area (Å²) in [5.74, 6) is 1.94. The van der Waals surface area contributed by atoms with Gasteiger partial charge in [-0.3, -0.25) is 10.1 Å². The quantitative estimate of drug-likeness (QED) is 0.712. The van der Waals surface area contributed by atoms with E-state index in [0.717, 1.165) is 17.2 Å². The average Bonchev–Trinajstić information content (AvgIpc) is 3.17. The fraction of sp³-hybridized carbons (Fsp3) is 0.200. The monoisotopic (exact) mass is 382 g/mol. The molecule has 1 aromatic heterocycles. The minimum Gasteiger partial charge on any atom is -0.494 e. The Morgan fingerprint density at radius 3 is 2.78 bits per heavy atom. The first-order chi connectivity index (χ1) is 13.2. The Labute approximate surface area is 160 Å². The number of benzene rings is 2. The van der Waals surface area contributed by atoms with Crippen LogP contribution in [0.4, 0.5) is 5.13 Å². The van der Waals surface area contributed by atoms with E-state index in [4.69, 9.17) is 14.2 Å². The first-order valence-corrected chi connectivity index (χ1v) is 9.49. The summed E-state index contributed by atoms with van der Waals surface area (Å²) >= 11 is 1.36. The van der Waals surface area contributed by atoms with Gasteiger partial charge in [0.1, 0.15) is 12.4 Å². The number of hydrogen-bond donors (Lipinski definition) is 1. The van der Waals surface area contributed by atoms with Crippen LogP contribution in [0, 0.1) is 0 Å². The number of thiazole rings is 1. The van der Waals surface area contributed by atoms with Crippen molar-refractivity contribution in [3.8, 4) is 17.2 Å². The number of amides is 1. The highest BCUT2D eigenvalue weighted by molar-refractivity contribution is 7.14. The van der Waals surface area contributed by atoms with Gasteiger partial charge in [-0.05, 0) is 43.3 Å². The molecule has 138 valence electrons. The van der Waals surface area contributed by atoms with Gasteiger partial charge in [-0.25, -0.2) is 4.98 Å². The van der Waals surface area contributed by atoms with E-state index in [-0.39, 0.29) is 12.0 Å². The molecule has 0 radical (unpaired) electrons. The van der Waals surface area contributed by atoms with Crippen molar-refractivity contribution in [1.82, 2.24) is 4.98 Å². The normalized spacial score (nSPS) is 15.2. The molecule has 1 unspecified atom stereocenters. The van der Waals surface area contributed by atoms with Crippen LogP contribution in [0.1, 0.15) is 29.1 Å². The molecule has 1 N–H and O–H groups in total. The molecule has 6 nitrogen and oxygen atoms in total. The molecule has 0 bridgehead atoms. The smallest absolute Gasteiger partial charge is 0.257 e. The van der Waals surface area contributed by atoms with Crippen molar-refractivity contribution in [1.29, 1.82) is 0 Å². The number of aromatic nitrogens is 1. The molecular weight excluding hydrogens is 364 g/mol. The molecule has 27 heavy (non-hydrogen) atoms. The molecule has 0 spiro atoms. The highest BCUT2D eigenvalue weighted by Gasteiger charge is 2.24. The van der Waals surface area contributed by atoms with E-state index in [2.05, 4.69) is 10.3 Å². The highest BCUT2D eigenvalue weighted by atomic mass is 32.1. The largest absolute Gasteiger partial charge is 0.494 e. The molecule has 2 aromatic carbocycles. The van der Waals surface area contributed by atoms with Crippen molar-refractivity contribution in [3.63, 3.8) is 0 Å². The summed E-state index contributed by atoms with van der Waals surface area (Å²) in [5.41, 5.74) is 1.28. The average molecular weight is 382 g/mol. The van der Waals surface area contributed by atoms with Crippen molar-refractivity contribution in [2.75, 3.05) is 18.5 Å². The lowest BCUT2D eigenvalue weighted by molar-refractivity contribution is 0.0888. The number of rotatable bonds is 5. The Bertz CT molecular complexity index is 939. The summed E-state index contributed by atoms with van der Waals surface area (Å²) in [5, 5.41) is 5.21. The van der Waals surface area contributed by atoms with E-state index in [1.54, 1.807) is 24.3 Å². The lowest BCUT2D eigenvalue weighted by Crippen LogP contribution is -2.22. The zero-order valence-corrected chi connectivity index (χ0v) is 15.5. The van der Waals surface area contributed by atoms with Gasteiger partial charge >= 0.3 is 0 Å². The summed E-state index contributed by atoms with van der Waals surface area (Å²) in [6.07, 6.45) is -0.299. The molecule has 2 heterocycles. The van der Waals surface area contributed by atoms with Crippen LogP contribution in [-0.2, 0) is 0 Å². The minimum absolute atomic E-state index is 0.217. The summed E-state index contributed by atoms with van der Waals surface area (Å²) in [6, 6.07) is 14.5. The topological polar surface area (TPSA) is 69.7 Å². The van der Waals surface area contributed by atoms with Crippen molar-refractivity contribution in [2.24, 2.45) is 0 Å². The van der Waals surface area contributed by atoms with E-state index in [0.29, 0.717) is 29.7 Å². The Morgan fingerprint density at radius 1 is 1.22 bits per heavy atom. The van der Waals surface area contributed by atoms with Crippen LogP contribution >= 0.6 is 11.3 Å². The van der Waals surface area contributed by atoms with Gasteiger partial charge in [0, 0.05) is 10.9 Å². The van der Waals surface area contributed by atoms with Gasteiger partial charge in [-0.2, -0.15) is 0 Å². The second-order valence-corrected chi connectivity index (χ2v) is 6.71. The molecule has 1 atom stereocenters. The SMILES string of the molecule is CCOc1ccc(C(=O)Nc2nc(C3COc4ccccc4O3)cs2)cc1. The van der Waals surface area contributed by atoms with Gasteiger partial charge in [0.05, 0.1) is 12.3 Å². The predicted octanol–water partition coefficient (Wildman–Crippen LogP) is 4.31. The first kappa shape index (κ1) is 17.4. The number of carbonyl (C=O) groups is 1. The van der Waals surface area contributed by atoms with E-state index in [1.165, 1.54) is 11.3 Å². The molecule has 7 heteroatoms. The Hall–Kier alpha value is -3.06. The summed E-state index contributed by atoms with van der Waals surface area (Å²) in [6.45, 7) is 2.89. The number of nitrogens with one attached hydrogen (secondary N) is 1. The van der Waals surface area contributed by atoms with Gasteiger partial charge in [-0.1, -0.05) is 12.1 Å². The third kappa shape index (κ3) is 3.88. The van der Waals surface area contributed by atoms with E-state index >= 15 is 0 Å². The van der Waals surface area contributed by atoms with Gasteiger partial charge in [0.15, 0.2) is 22.7 Å². The highest BCUT2D eigenvalue weighted by Crippen LogP contribution is 2.36. The maximum Gasteiger partial charge on any atom is 0.257 e. The van der Waals surface area contributed by atoms with Crippen molar-refractivity contribution >= 4 is 22.4 Å². The fourth-order valence-corrected chi connectivity index (χ4v) is 3.44. The maximum atomic E-state index is 12.4. The maximum absolute atomic E-state index is 12.4. The van der Waals surface area contributed by atoms with Gasteiger partial charge in [-0.15, -0.1) is 11.3 Å². The zero-order chi connectivity index (χ0) is 18.6. The summed E-state index contributed by atoms with van der Waals surface area (Å²) < 4.78 is 17.1. The minimum atomic E-state index is -0.299. The fourth-order valence-electron chi connectivity index (χ4n) is 2.70. The second-order valence-electron chi connectivity index (χ2n) is 5.85. The van der Waals surface area contributed by atoms with Crippen LogP contribution in [-0.4, -0.2) is 24.1 Å². The van der Waals surface area contributed by atoms with Crippen LogP contribution < -0.4 is 19.5 Å². The third-order valence-electron chi connectivity index (χ3n) is 4.01. The molecule has 1 aliphatic rings. The standard InChI is InChI=1S/C20H18N2O4S/c1-2-24-14-9-7-13(8-10-14)19(23)22-20-21-15(12-27-20)18-11-25-16-5-3-4-6-17(16)26-18/h3-10,12,18H,2,11H2,1H3,(H,21,22,23). The van der Waals surface area contributed by atoms with Gasteiger partial charge < -0.3 is 14.2 Å². The molecule has 3 aromatic rings. The number of para-hydroxylation sites is 2. The molecule has 0 saturated heterocycles. The van der Waals surface area contributed by atoms with E-state index < -0.39 is 0 Å². The van der Waals surface area contributed by atoms with Crippen LogP contribution in [0.15, 0.2) is 53.9 Å². The van der Waals surface area contributed by atoms with Crippen LogP contribution in [0.2, 0.25) is 0 Å². The van der Waals surface area contributed by atoms with E-state index in [1.807, 2.05) is 36.6 Å². The van der Waals surface area contributed by atoms with Crippen LogP contribution in [0.25, 0.3) is 0 Å². The summed E-state index contributed by atoms with van der Waals surface area (Å²) in [7, 11) is 0. The number of ether oxygens (including phenoxy) is 3. The number of hydrogen-bond acceptors (Lipinski definition) is 6. The van der Waals surface area contributed by atoms with E-state index in [9.17, 15) is 4.79 Å². The molecule has 4 rings (SSSR count). The molecular formula is C20H18N2O4S. The van der Waals surface area contributed by atoms with Gasteiger partial charge in [0.25, 0.3) is 5.91 Å². The molecule has 1 amide bonds. The number of fused-ring (bicyclic) bond motifs is 1. The summed E-state index contributed by atoms with van der Waals surface area (Å²) in [4.78, 5) is 16.9. The van der Waals surface area contributed by atoms with Gasteiger partial charge in [0.2, 0.25) is 0 Å². The Kier molecular flexibility index (Phi) is 4.93. The van der Waals surface area contributed by atoms with Crippen molar-refractivity contribution < 1.29 is 19.0 Å². The lowest BCUT2D eigenvalue weighted by Gasteiger charge is -2.25. The number of anilines is 1. The first-order valence-electron chi connectivity index (χ1n) is 8.61. The lowest BCUT2D eigenvalue weighted by atomic mass is 10.2.